The molecule has 4 nitrogen and oxygen atoms in total. The van der Waals surface area contributed by atoms with E-state index in [9.17, 15) is 4.79 Å². The van der Waals surface area contributed by atoms with Crippen LogP contribution in [0.1, 0.15) is 0 Å². The first-order valence-electron chi connectivity index (χ1n) is 4.05. The molecule has 14 heavy (non-hydrogen) atoms. The van der Waals surface area contributed by atoms with Gasteiger partial charge in [0.1, 0.15) is 12.4 Å². The van der Waals surface area contributed by atoms with Gasteiger partial charge in [-0.2, -0.15) is 0 Å². The molecule has 0 saturated carbocycles. The highest BCUT2D eigenvalue weighted by Gasteiger charge is 2.09. The van der Waals surface area contributed by atoms with Crippen LogP contribution in [0, 0.1) is 12.3 Å². The Morgan fingerprint density at radius 3 is 2.93 bits per heavy atom. The van der Waals surface area contributed by atoms with Gasteiger partial charge < -0.3 is 10.0 Å². The zero-order valence-corrected chi connectivity index (χ0v) is 7.55. The van der Waals surface area contributed by atoms with Gasteiger partial charge in [-0.05, 0) is 12.1 Å². The predicted octanol–water partition coefficient (Wildman–Crippen LogP) is 0.606. The summed E-state index contributed by atoms with van der Waals surface area (Å²) in [6, 6.07) is 5.27. The summed E-state index contributed by atoms with van der Waals surface area (Å²) in [5, 5.41) is 8.63. The molecule has 0 bridgehead atoms. The van der Waals surface area contributed by atoms with Crippen LogP contribution in [-0.2, 0) is 4.79 Å². The van der Waals surface area contributed by atoms with Gasteiger partial charge in [0.05, 0.1) is 6.54 Å². The lowest BCUT2D eigenvalue weighted by molar-refractivity contribution is -0.135. The molecule has 0 aliphatic rings. The van der Waals surface area contributed by atoms with Gasteiger partial charge in [-0.3, -0.25) is 4.79 Å². The number of carbonyl (C=O) groups is 1. The highest BCUT2D eigenvalue weighted by molar-refractivity contribution is 5.73. The van der Waals surface area contributed by atoms with Crippen molar-refractivity contribution in [2.24, 2.45) is 0 Å². The molecular weight excluding hydrogens is 180 g/mol. The average molecular weight is 190 g/mol. The summed E-state index contributed by atoms with van der Waals surface area (Å²) in [6.45, 7) is 0.102. The third-order valence-electron chi connectivity index (χ3n) is 1.58. The van der Waals surface area contributed by atoms with E-state index in [4.69, 9.17) is 11.5 Å². The smallest absolute Gasteiger partial charge is 0.323 e. The number of terminal acetylenes is 1. The molecule has 0 radical (unpaired) electrons. The van der Waals surface area contributed by atoms with E-state index in [0.29, 0.717) is 5.82 Å². The van der Waals surface area contributed by atoms with Crippen molar-refractivity contribution in [1.29, 1.82) is 0 Å². The normalized spacial score (nSPS) is 9.07. The Morgan fingerprint density at radius 2 is 2.43 bits per heavy atom. The van der Waals surface area contributed by atoms with Crippen LogP contribution in [0.4, 0.5) is 5.82 Å². The second-order valence-corrected chi connectivity index (χ2v) is 2.64. The lowest BCUT2D eigenvalue weighted by atomic mass is 10.4. The van der Waals surface area contributed by atoms with Gasteiger partial charge in [-0.25, -0.2) is 4.98 Å². The number of hydrogen-bond donors (Lipinski definition) is 1. The van der Waals surface area contributed by atoms with Crippen LogP contribution in [0.25, 0.3) is 0 Å². The summed E-state index contributed by atoms with van der Waals surface area (Å²) in [7, 11) is 0. The molecule has 4 heteroatoms. The van der Waals surface area contributed by atoms with Crippen molar-refractivity contribution >= 4 is 11.8 Å². The minimum Gasteiger partial charge on any atom is -0.480 e. The summed E-state index contributed by atoms with van der Waals surface area (Å²) in [5.74, 6) is 2.05. The highest BCUT2D eigenvalue weighted by atomic mass is 16.4. The molecule has 0 aromatic carbocycles. The molecule has 0 saturated heterocycles. The minimum atomic E-state index is -0.925. The second kappa shape index (κ2) is 4.87. The number of pyridine rings is 1. The maximum absolute atomic E-state index is 10.5. The maximum atomic E-state index is 10.5. The van der Waals surface area contributed by atoms with Crippen LogP contribution in [0.3, 0.4) is 0 Å². The summed E-state index contributed by atoms with van der Waals surface area (Å²) < 4.78 is 0. The van der Waals surface area contributed by atoms with E-state index in [1.807, 2.05) is 0 Å². The zero-order valence-electron chi connectivity index (χ0n) is 7.55. The van der Waals surface area contributed by atoms with E-state index < -0.39 is 5.97 Å². The fourth-order valence-corrected chi connectivity index (χ4v) is 1.03. The Balaban J connectivity index is 2.78. The molecule has 0 amide bonds. The Morgan fingerprint density at radius 1 is 1.64 bits per heavy atom. The molecule has 0 unspecified atom stereocenters. The van der Waals surface area contributed by atoms with Gasteiger partial charge in [-0.1, -0.05) is 12.0 Å². The standard InChI is InChI=1S/C10H10N2O2/c1-2-7-12(8-10(13)14)9-5-3-4-6-11-9/h1,3-6H,7-8H2,(H,13,14). The Bertz CT molecular complexity index is 343. The molecule has 1 aromatic heterocycles. The lowest BCUT2D eigenvalue weighted by Gasteiger charge is -2.18. The fraction of sp³-hybridized carbons (Fsp3) is 0.200. The zero-order chi connectivity index (χ0) is 10.4. The van der Waals surface area contributed by atoms with Gasteiger partial charge in [-0.15, -0.1) is 6.42 Å². The van der Waals surface area contributed by atoms with Gasteiger partial charge in [0.15, 0.2) is 0 Å². The van der Waals surface area contributed by atoms with E-state index >= 15 is 0 Å². The van der Waals surface area contributed by atoms with Crippen LogP contribution < -0.4 is 4.90 Å². The van der Waals surface area contributed by atoms with E-state index in [-0.39, 0.29) is 13.1 Å². The van der Waals surface area contributed by atoms with E-state index in [1.54, 1.807) is 24.4 Å². The Labute approximate surface area is 82.2 Å². The Kier molecular flexibility index (Phi) is 3.50. The lowest BCUT2D eigenvalue weighted by Crippen LogP contribution is -2.30. The van der Waals surface area contributed by atoms with Crippen LogP contribution in [0.2, 0.25) is 0 Å². The third kappa shape index (κ3) is 2.79. The quantitative estimate of drug-likeness (QED) is 0.706. The monoisotopic (exact) mass is 190 g/mol. The molecule has 72 valence electrons. The van der Waals surface area contributed by atoms with Gasteiger partial charge in [0.2, 0.25) is 0 Å². The molecule has 1 N–H and O–H groups in total. The topological polar surface area (TPSA) is 53.4 Å². The van der Waals surface area contributed by atoms with Gasteiger partial charge in [0.25, 0.3) is 0 Å². The predicted molar refractivity (Wildman–Crippen MR) is 52.9 cm³/mol. The van der Waals surface area contributed by atoms with Crippen molar-refractivity contribution in [1.82, 2.24) is 4.98 Å². The van der Waals surface area contributed by atoms with Crippen molar-refractivity contribution in [2.45, 2.75) is 0 Å². The molecular formula is C10H10N2O2. The number of nitrogens with zero attached hydrogens (tertiary/aromatic N) is 2. The van der Waals surface area contributed by atoms with Crippen molar-refractivity contribution in [3.8, 4) is 12.3 Å². The van der Waals surface area contributed by atoms with Crippen LogP contribution >= 0.6 is 0 Å². The number of hydrogen-bond acceptors (Lipinski definition) is 3. The molecule has 1 rings (SSSR count). The van der Waals surface area contributed by atoms with Crippen molar-refractivity contribution in [3.05, 3.63) is 24.4 Å². The minimum absolute atomic E-state index is 0.138. The summed E-state index contributed by atoms with van der Waals surface area (Å²) in [5.41, 5.74) is 0. The Hall–Kier alpha value is -2.02. The number of aliphatic carboxylic acids is 1. The second-order valence-electron chi connectivity index (χ2n) is 2.64. The van der Waals surface area contributed by atoms with Crippen molar-refractivity contribution in [2.75, 3.05) is 18.0 Å². The number of anilines is 1. The van der Waals surface area contributed by atoms with Crippen LogP contribution in [0.5, 0.6) is 0 Å². The molecule has 1 aromatic rings. The van der Waals surface area contributed by atoms with Crippen molar-refractivity contribution < 1.29 is 9.90 Å². The highest BCUT2D eigenvalue weighted by Crippen LogP contribution is 2.07. The first-order valence-corrected chi connectivity index (χ1v) is 4.05. The van der Waals surface area contributed by atoms with Gasteiger partial charge in [0, 0.05) is 6.20 Å². The fourth-order valence-electron chi connectivity index (χ4n) is 1.03. The van der Waals surface area contributed by atoms with Crippen molar-refractivity contribution in [3.63, 3.8) is 0 Å². The molecule has 0 atom stereocenters. The molecule has 0 spiro atoms. The van der Waals surface area contributed by atoms with E-state index in [0.717, 1.165) is 0 Å². The first kappa shape index (κ1) is 10.1. The first-order chi connectivity index (χ1) is 6.74. The maximum Gasteiger partial charge on any atom is 0.323 e. The number of rotatable bonds is 4. The number of aromatic nitrogens is 1. The molecule has 0 aliphatic heterocycles. The number of carboxylic acids is 1. The molecule has 0 aliphatic carbocycles. The molecule has 0 fully saturated rings. The summed E-state index contributed by atoms with van der Waals surface area (Å²) >= 11 is 0. The van der Waals surface area contributed by atoms with Crippen LogP contribution in [-0.4, -0.2) is 29.1 Å². The molecule has 1 heterocycles. The van der Waals surface area contributed by atoms with E-state index in [1.165, 1.54) is 4.90 Å². The largest absolute Gasteiger partial charge is 0.480 e. The summed E-state index contributed by atoms with van der Waals surface area (Å²) in [4.78, 5) is 16.1. The van der Waals surface area contributed by atoms with Crippen LogP contribution in [0.15, 0.2) is 24.4 Å². The number of carboxylic acid groups (broad SMARTS) is 1. The SMILES string of the molecule is C#CCN(CC(=O)O)c1ccccn1. The average Bonchev–Trinajstić information content (AvgIpc) is 2.18. The summed E-state index contributed by atoms with van der Waals surface area (Å²) in [6.07, 6.45) is 6.73. The third-order valence-corrected chi connectivity index (χ3v) is 1.58. The van der Waals surface area contributed by atoms with Gasteiger partial charge >= 0.3 is 5.97 Å². The van der Waals surface area contributed by atoms with E-state index in [2.05, 4.69) is 10.9 Å².